The van der Waals surface area contributed by atoms with Gasteiger partial charge in [-0.25, -0.2) is 4.79 Å². The van der Waals surface area contributed by atoms with E-state index in [0.29, 0.717) is 5.76 Å². The maximum Gasteiger partial charge on any atom is 0.327 e. The zero-order valence-electron chi connectivity index (χ0n) is 8.20. The summed E-state index contributed by atoms with van der Waals surface area (Å²) in [6.45, 7) is 3.15. The number of hydrogen-bond acceptors (Lipinski definition) is 4. The quantitative estimate of drug-likeness (QED) is 0.751. The van der Waals surface area contributed by atoms with E-state index in [2.05, 4.69) is 10.5 Å². The topological polar surface area (TPSA) is 84.2 Å². The fourth-order valence-electron chi connectivity index (χ4n) is 0.784. The lowest BCUT2D eigenvalue weighted by atomic mass is 10.4. The third-order valence-corrected chi connectivity index (χ3v) is 1.67. The molecule has 0 radical (unpaired) electrons. The largest absolute Gasteiger partial charge is 0.360 e. The molecule has 15 heavy (non-hydrogen) atoms. The van der Waals surface area contributed by atoms with Gasteiger partial charge in [0.2, 0.25) is 5.91 Å². The number of anilines is 1. The Balaban J connectivity index is 2.46. The monoisotopic (exact) mass is 231 g/mol. The predicted octanol–water partition coefficient (Wildman–Crippen LogP) is 1.26. The molecule has 1 atom stereocenters. The van der Waals surface area contributed by atoms with Crippen LogP contribution in [0.15, 0.2) is 10.6 Å². The van der Waals surface area contributed by atoms with Crippen molar-refractivity contribution in [3.05, 3.63) is 11.8 Å². The average molecular weight is 232 g/mol. The van der Waals surface area contributed by atoms with E-state index in [9.17, 15) is 9.59 Å². The lowest BCUT2D eigenvalue weighted by Crippen LogP contribution is -2.38. The molecule has 1 aromatic heterocycles. The molecule has 0 saturated carbocycles. The van der Waals surface area contributed by atoms with Crippen LogP contribution in [0.3, 0.4) is 0 Å². The fourth-order valence-corrected chi connectivity index (χ4v) is 0.839. The number of urea groups is 1. The lowest BCUT2D eigenvalue weighted by Gasteiger charge is -2.04. The third-order valence-electron chi connectivity index (χ3n) is 1.47. The third kappa shape index (κ3) is 3.59. The maximum atomic E-state index is 11.2. The van der Waals surface area contributed by atoms with E-state index in [1.807, 2.05) is 5.32 Å². The van der Waals surface area contributed by atoms with Crippen molar-refractivity contribution in [3.63, 3.8) is 0 Å². The highest BCUT2D eigenvalue weighted by atomic mass is 35.5. The fraction of sp³-hybridized carbons (Fsp3) is 0.375. The summed E-state index contributed by atoms with van der Waals surface area (Å²) in [6, 6.07) is 0.828. The van der Waals surface area contributed by atoms with Gasteiger partial charge in [-0.05, 0) is 13.8 Å². The second-order valence-electron chi connectivity index (χ2n) is 2.88. The molecule has 0 bridgehead atoms. The molecule has 0 aliphatic heterocycles. The Labute approximate surface area is 90.9 Å². The summed E-state index contributed by atoms with van der Waals surface area (Å²) in [5.41, 5.74) is 0. The van der Waals surface area contributed by atoms with Gasteiger partial charge in [0.15, 0.2) is 5.82 Å². The first-order valence-corrected chi connectivity index (χ1v) is 4.62. The van der Waals surface area contributed by atoms with Crippen LogP contribution in [0.4, 0.5) is 10.6 Å². The molecule has 2 N–H and O–H groups in total. The van der Waals surface area contributed by atoms with E-state index in [0.717, 1.165) is 0 Å². The van der Waals surface area contributed by atoms with Crippen LogP contribution in [0.1, 0.15) is 12.7 Å². The second-order valence-corrected chi connectivity index (χ2v) is 3.54. The molecule has 3 amide bonds. The molecule has 0 fully saturated rings. The van der Waals surface area contributed by atoms with Crippen LogP contribution in [-0.4, -0.2) is 22.5 Å². The summed E-state index contributed by atoms with van der Waals surface area (Å²) >= 11 is 5.45. The molecule has 1 aromatic rings. The van der Waals surface area contributed by atoms with Crippen molar-refractivity contribution in [3.8, 4) is 0 Å². The first kappa shape index (κ1) is 11.5. The van der Waals surface area contributed by atoms with Gasteiger partial charge in [-0.2, -0.15) is 0 Å². The number of carbonyl (C=O) groups excluding carboxylic acids is 2. The molecule has 6 nitrogen and oxygen atoms in total. The SMILES string of the molecule is Cc1cc(NC(=O)NC(=O)C(C)Cl)no1. The van der Waals surface area contributed by atoms with Crippen molar-refractivity contribution >= 4 is 29.4 Å². The molecule has 82 valence electrons. The minimum atomic E-state index is -0.769. The van der Waals surface area contributed by atoms with Crippen molar-refractivity contribution in [1.29, 1.82) is 0 Å². The number of hydrogen-bond donors (Lipinski definition) is 2. The van der Waals surface area contributed by atoms with E-state index in [1.54, 1.807) is 6.92 Å². The number of aromatic nitrogens is 1. The van der Waals surface area contributed by atoms with Gasteiger partial charge in [0.05, 0.1) is 0 Å². The van der Waals surface area contributed by atoms with Crippen LogP contribution >= 0.6 is 11.6 Å². The minimum Gasteiger partial charge on any atom is -0.360 e. The molecule has 0 aliphatic carbocycles. The molecule has 0 aromatic carbocycles. The molecule has 1 heterocycles. The van der Waals surface area contributed by atoms with Gasteiger partial charge in [-0.3, -0.25) is 15.4 Å². The van der Waals surface area contributed by atoms with Gasteiger partial charge in [0.1, 0.15) is 11.1 Å². The Morgan fingerprint density at radius 1 is 1.60 bits per heavy atom. The van der Waals surface area contributed by atoms with Gasteiger partial charge >= 0.3 is 6.03 Å². The maximum absolute atomic E-state index is 11.2. The number of imide groups is 1. The van der Waals surface area contributed by atoms with Crippen LogP contribution in [0, 0.1) is 6.92 Å². The van der Waals surface area contributed by atoms with E-state index in [4.69, 9.17) is 16.1 Å². The van der Waals surface area contributed by atoms with Crippen LogP contribution in [0.5, 0.6) is 0 Å². The summed E-state index contributed by atoms with van der Waals surface area (Å²) in [5.74, 6) is 0.219. The normalized spacial score (nSPS) is 11.9. The Hall–Kier alpha value is -1.56. The van der Waals surface area contributed by atoms with Gasteiger partial charge < -0.3 is 4.52 Å². The van der Waals surface area contributed by atoms with Crippen molar-refractivity contribution in [2.45, 2.75) is 19.2 Å². The number of amides is 3. The standard InChI is InChI=1S/C8H10ClN3O3/c1-4-3-6(12-15-4)10-8(14)11-7(13)5(2)9/h3,5H,1-2H3,(H2,10,11,12,13,14). The first-order valence-electron chi connectivity index (χ1n) is 4.18. The summed E-state index contributed by atoms with van der Waals surface area (Å²) < 4.78 is 4.71. The highest BCUT2D eigenvalue weighted by molar-refractivity contribution is 6.31. The zero-order valence-corrected chi connectivity index (χ0v) is 8.96. The molecule has 1 unspecified atom stereocenters. The molecule has 0 saturated heterocycles. The second kappa shape index (κ2) is 4.79. The Morgan fingerprint density at radius 2 is 2.27 bits per heavy atom. The number of nitrogens with one attached hydrogen (secondary N) is 2. The van der Waals surface area contributed by atoms with Gasteiger partial charge in [-0.1, -0.05) is 5.16 Å². The van der Waals surface area contributed by atoms with E-state index < -0.39 is 17.3 Å². The van der Waals surface area contributed by atoms with Gasteiger partial charge in [-0.15, -0.1) is 11.6 Å². The number of halogens is 1. The Kier molecular flexibility index (Phi) is 3.68. The number of nitrogens with zero attached hydrogens (tertiary/aromatic N) is 1. The zero-order chi connectivity index (χ0) is 11.4. The van der Waals surface area contributed by atoms with Crippen molar-refractivity contribution in [2.75, 3.05) is 5.32 Å². The smallest absolute Gasteiger partial charge is 0.327 e. The van der Waals surface area contributed by atoms with Gasteiger partial charge in [0.25, 0.3) is 0 Å². The van der Waals surface area contributed by atoms with E-state index in [1.165, 1.54) is 13.0 Å². The predicted molar refractivity (Wildman–Crippen MR) is 53.7 cm³/mol. The Bertz CT molecular complexity index is 375. The van der Waals surface area contributed by atoms with Crippen molar-refractivity contribution in [1.82, 2.24) is 10.5 Å². The van der Waals surface area contributed by atoms with Crippen molar-refractivity contribution < 1.29 is 14.1 Å². The van der Waals surface area contributed by atoms with Crippen LogP contribution < -0.4 is 10.6 Å². The summed E-state index contributed by atoms with van der Waals surface area (Å²) in [7, 11) is 0. The molecular weight excluding hydrogens is 222 g/mol. The number of carbonyl (C=O) groups is 2. The highest BCUT2D eigenvalue weighted by Crippen LogP contribution is 2.06. The first-order chi connectivity index (χ1) is 6.99. The lowest BCUT2D eigenvalue weighted by molar-refractivity contribution is -0.119. The van der Waals surface area contributed by atoms with E-state index >= 15 is 0 Å². The molecule has 0 aliphatic rings. The van der Waals surface area contributed by atoms with Crippen LogP contribution in [-0.2, 0) is 4.79 Å². The number of alkyl halides is 1. The molecule has 1 rings (SSSR count). The van der Waals surface area contributed by atoms with Crippen LogP contribution in [0.25, 0.3) is 0 Å². The van der Waals surface area contributed by atoms with Crippen LogP contribution in [0.2, 0.25) is 0 Å². The average Bonchev–Trinajstić information content (AvgIpc) is 2.50. The Morgan fingerprint density at radius 3 is 2.73 bits per heavy atom. The summed E-state index contributed by atoms with van der Waals surface area (Å²) in [4.78, 5) is 22.2. The summed E-state index contributed by atoms with van der Waals surface area (Å²) in [6.07, 6.45) is 0. The molecule has 7 heteroatoms. The highest BCUT2D eigenvalue weighted by Gasteiger charge is 2.13. The molecule has 0 spiro atoms. The number of aryl methyl sites for hydroxylation is 1. The van der Waals surface area contributed by atoms with Gasteiger partial charge in [0, 0.05) is 6.07 Å². The number of rotatable bonds is 2. The minimum absolute atomic E-state index is 0.236. The summed E-state index contributed by atoms with van der Waals surface area (Å²) in [5, 5.41) is 7.10. The molecular formula is C8H10ClN3O3. The van der Waals surface area contributed by atoms with Crippen molar-refractivity contribution in [2.24, 2.45) is 0 Å². The van der Waals surface area contributed by atoms with E-state index in [-0.39, 0.29) is 5.82 Å².